The fourth-order valence-corrected chi connectivity index (χ4v) is 8.64. The van der Waals surface area contributed by atoms with Crippen molar-refractivity contribution in [3.05, 3.63) is 65.9 Å². The van der Waals surface area contributed by atoms with Crippen LogP contribution in [0.15, 0.2) is 60.9 Å². The quantitative estimate of drug-likeness (QED) is 0.156. The zero-order valence-corrected chi connectivity index (χ0v) is 29.9. The molecule has 11 nitrogen and oxygen atoms in total. The first-order valence-corrected chi connectivity index (χ1v) is 19.1. The van der Waals surface area contributed by atoms with Crippen LogP contribution in [0, 0.1) is 11.8 Å². The normalized spacial score (nSPS) is 22.8. The molecule has 4 N–H and O–H groups in total. The number of aromatic nitrogens is 3. The van der Waals surface area contributed by atoms with Crippen molar-refractivity contribution in [2.75, 3.05) is 67.9 Å². The van der Waals surface area contributed by atoms with Gasteiger partial charge in [-0.05, 0) is 93.8 Å². The summed E-state index contributed by atoms with van der Waals surface area (Å²) in [4.78, 5) is 44.0. The van der Waals surface area contributed by atoms with Crippen molar-refractivity contribution in [2.45, 2.75) is 57.0 Å². The van der Waals surface area contributed by atoms with E-state index in [-0.39, 0.29) is 17.9 Å². The number of halogens is 1. The lowest BCUT2D eigenvalue weighted by Gasteiger charge is -2.39. The lowest BCUT2D eigenvalue weighted by Crippen LogP contribution is -2.47. The molecular weight excluding hydrogens is 662 g/mol. The van der Waals surface area contributed by atoms with Gasteiger partial charge in [-0.15, -0.1) is 0 Å². The van der Waals surface area contributed by atoms with Crippen LogP contribution in [0.1, 0.15) is 44.9 Å². The minimum atomic E-state index is -0.354. The number of aromatic amines is 1. The number of carbonyl (C=O) groups excluding carboxylic acids is 2. The Morgan fingerprint density at radius 1 is 0.824 bits per heavy atom. The second-order valence-corrected chi connectivity index (χ2v) is 15.3. The summed E-state index contributed by atoms with van der Waals surface area (Å²) in [5.41, 5.74) is 4.97. The van der Waals surface area contributed by atoms with Crippen molar-refractivity contribution in [3.63, 3.8) is 0 Å². The number of amides is 2. The Bertz CT molecular complexity index is 1830. The van der Waals surface area contributed by atoms with E-state index >= 15 is 0 Å². The minimum Gasteiger partial charge on any atom is -0.374 e. The van der Waals surface area contributed by atoms with E-state index in [2.05, 4.69) is 64.9 Å². The van der Waals surface area contributed by atoms with Gasteiger partial charge in [0, 0.05) is 85.8 Å². The molecule has 4 aliphatic rings. The predicted molar refractivity (Wildman–Crippen MR) is 203 cm³/mol. The molecule has 4 aromatic rings. The number of hydrogen-bond acceptors (Lipinski definition) is 9. The number of hydrogen-bond donors (Lipinski definition) is 4. The highest BCUT2D eigenvalue weighted by atomic mass is 35.5. The maximum Gasteiger partial charge on any atom is 0.249 e. The fourth-order valence-electron chi connectivity index (χ4n) is 8.45. The second kappa shape index (κ2) is 15.2. The number of benzene rings is 2. The van der Waals surface area contributed by atoms with Gasteiger partial charge in [-0.25, -0.2) is 9.97 Å². The first kappa shape index (κ1) is 33.9. The summed E-state index contributed by atoms with van der Waals surface area (Å²) in [6.07, 6.45) is 10.7. The van der Waals surface area contributed by atoms with Gasteiger partial charge >= 0.3 is 0 Å². The predicted octanol–water partition coefficient (Wildman–Crippen LogP) is 5.61. The Kier molecular flexibility index (Phi) is 10.1. The van der Waals surface area contributed by atoms with E-state index in [1.54, 1.807) is 6.20 Å². The molecule has 2 aromatic heterocycles. The molecule has 268 valence electrons. The molecule has 0 bridgehead atoms. The SMILES string of the molecule is O=C1CCC(Nc2ccc(N3CCC(CN4CCC(CN5CCC(Nc6ncc(Cl)c(-c7c[nH]c8ccccc78)n6)C5)CC4)CC3)cc2)C(=O)N1. The highest BCUT2D eigenvalue weighted by Gasteiger charge is 2.30. The zero-order valence-electron chi connectivity index (χ0n) is 29.1. The number of carbonyl (C=O) groups is 2. The van der Waals surface area contributed by atoms with Gasteiger partial charge in [0.2, 0.25) is 17.8 Å². The van der Waals surface area contributed by atoms with Gasteiger partial charge in [-0.1, -0.05) is 29.8 Å². The largest absolute Gasteiger partial charge is 0.374 e. The van der Waals surface area contributed by atoms with Gasteiger partial charge < -0.3 is 30.3 Å². The van der Waals surface area contributed by atoms with Crippen molar-refractivity contribution in [1.29, 1.82) is 0 Å². The van der Waals surface area contributed by atoms with Gasteiger partial charge in [0.05, 0.1) is 16.9 Å². The van der Waals surface area contributed by atoms with Crippen molar-refractivity contribution < 1.29 is 9.59 Å². The third kappa shape index (κ3) is 8.00. The molecule has 2 amide bonds. The molecule has 0 radical (unpaired) electrons. The molecule has 8 rings (SSSR count). The smallest absolute Gasteiger partial charge is 0.249 e. The number of fused-ring (bicyclic) bond motifs is 1. The molecule has 2 unspecified atom stereocenters. The van der Waals surface area contributed by atoms with Crippen LogP contribution >= 0.6 is 11.6 Å². The number of likely N-dealkylation sites (tertiary alicyclic amines) is 2. The number of nitrogens with one attached hydrogen (secondary N) is 4. The van der Waals surface area contributed by atoms with Crippen molar-refractivity contribution >= 4 is 51.6 Å². The van der Waals surface area contributed by atoms with Gasteiger partial charge in [-0.2, -0.15) is 0 Å². The highest BCUT2D eigenvalue weighted by Crippen LogP contribution is 2.33. The standard InChI is InChI=1S/C39H48ClN9O2/c40-33-22-42-39(46-37(33)32-21-41-34-4-2-1-3-31(32)34)44-29-15-18-48(25-29)24-26-11-16-47(17-12-26)23-27-13-19-49(20-14-27)30-7-5-28(6-8-30)43-35-9-10-36(50)45-38(35)51/h1-8,21-22,26-27,29,35,41,43H,9-20,23-25H2,(H,42,44,46)(H,45,50,51). The van der Waals surface area contributed by atoms with Crippen LogP contribution < -0.4 is 20.9 Å². The van der Waals surface area contributed by atoms with Crippen LogP contribution in [-0.2, 0) is 9.59 Å². The zero-order chi connectivity index (χ0) is 34.7. The number of rotatable bonds is 10. The molecular formula is C39H48ClN9O2. The number of imide groups is 1. The molecule has 4 fully saturated rings. The summed E-state index contributed by atoms with van der Waals surface area (Å²) in [5, 5.41) is 11.0. The van der Waals surface area contributed by atoms with E-state index in [1.807, 2.05) is 30.5 Å². The summed E-state index contributed by atoms with van der Waals surface area (Å²) >= 11 is 6.57. The fraction of sp³-hybridized carbons (Fsp3) is 0.487. The van der Waals surface area contributed by atoms with E-state index < -0.39 is 0 Å². The van der Waals surface area contributed by atoms with Gasteiger partial charge in [-0.3, -0.25) is 14.9 Å². The van der Waals surface area contributed by atoms with Crippen LogP contribution in [0.2, 0.25) is 5.02 Å². The van der Waals surface area contributed by atoms with E-state index in [0.717, 1.165) is 72.3 Å². The molecule has 0 aliphatic carbocycles. The average Bonchev–Trinajstić information content (AvgIpc) is 3.78. The monoisotopic (exact) mass is 709 g/mol. The molecule has 2 aromatic carbocycles. The number of piperidine rings is 3. The van der Waals surface area contributed by atoms with Gasteiger partial charge in [0.1, 0.15) is 6.04 Å². The van der Waals surface area contributed by atoms with Crippen LogP contribution in [0.25, 0.3) is 22.2 Å². The van der Waals surface area contributed by atoms with Crippen molar-refractivity contribution in [1.82, 2.24) is 30.1 Å². The Balaban J connectivity index is 0.745. The molecule has 51 heavy (non-hydrogen) atoms. The summed E-state index contributed by atoms with van der Waals surface area (Å²) in [6, 6.07) is 16.6. The Morgan fingerprint density at radius 2 is 1.55 bits per heavy atom. The van der Waals surface area contributed by atoms with Crippen molar-refractivity contribution in [2.24, 2.45) is 11.8 Å². The number of nitrogens with zero attached hydrogens (tertiary/aromatic N) is 5. The summed E-state index contributed by atoms with van der Waals surface area (Å²) in [5.74, 6) is 1.73. The summed E-state index contributed by atoms with van der Waals surface area (Å²) in [7, 11) is 0. The lowest BCUT2D eigenvalue weighted by atomic mass is 9.92. The van der Waals surface area contributed by atoms with Crippen molar-refractivity contribution in [3.8, 4) is 11.3 Å². The molecule has 2 atom stereocenters. The average molecular weight is 710 g/mol. The van der Waals surface area contributed by atoms with Crippen LogP contribution in [0.5, 0.6) is 0 Å². The Morgan fingerprint density at radius 3 is 2.33 bits per heavy atom. The molecule has 0 saturated carbocycles. The van der Waals surface area contributed by atoms with Gasteiger partial charge in [0.15, 0.2) is 0 Å². The third-order valence-corrected chi connectivity index (χ3v) is 11.6. The first-order chi connectivity index (χ1) is 24.9. The Labute approximate surface area is 304 Å². The molecule has 4 aliphatic heterocycles. The van der Waals surface area contributed by atoms with Crippen LogP contribution in [0.3, 0.4) is 0 Å². The maximum atomic E-state index is 12.1. The number of anilines is 3. The van der Waals surface area contributed by atoms with E-state index in [9.17, 15) is 9.59 Å². The van der Waals surface area contributed by atoms with Crippen LogP contribution in [0.4, 0.5) is 17.3 Å². The molecule has 0 spiro atoms. The first-order valence-electron chi connectivity index (χ1n) is 18.7. The molecule has 4 saturated heterocycles. The highest BCUT2D eigenvalue weighted by molar-refractivity contribution is 6.33. The summed E-state index contributed by atoms with van der Waals surface area (Å²) < 4.78 is 0. The molecule has 6 heterocycles. The van der Waals surface area contributed by atoms with Crippen LogP contribution in [-0.4, -0.2) is 101 Å². The minimum absolute atomic E-state index is 0.189. The lowest BCUT2D eigenvalue weighted by molar-refractivity contribution is -0.133. The second-order valence-electron chi connectivity index (χ2n) is 14.9. The summed E-state index contributed by atoms with van der Waals surface area (Å²) in [6.45, 7) is 9.09. The topological polar surface area (TPSA) is 122 Å². The Hall–Kier alpha value is -4.19. The number of para-hydroxylation sites is 1. The third-order valence-electron chi connectivity index (χ3n) is 11.4. The van der Waals surface area contributed by atoms with E-state index in [4.69, 9.17) is 16.6 Å². The molecule has 12 heteroatoms. The van der Waals surface area contributed by atoms with E-state index in [1.165, 1.54) is 57.5 Å². The number of H-pyrrole nitrogens is 1. The van der Waals surface area contributed by atoms with E-state index in [0.29, 0.717) is 29.9 Å². The van der Waals surface area contributed by atoms with Gasteiger partial charge in [0.25, 0.3) is 0 Å². The maximum absolute atomic E-state index is 12.1.